The molecule has 0 radical (unpaired) electrons. The molecule has 17 heavy (non-hydrogen) atoms. The van der Waals surface area contributed by atoms with E-state index in [-0.39, 0.29) is 5.69 Å². The van der Waals surface area contributed by atoms with Gasteiger partial charge in [0.1, 0.15) is 5.82 Å². The van der Waals surface area contributed by atoms with Crippen LogP contribution in [0.4, 0.5) is 5.82 Å². The van der Waals surface area contributed by atoms with E-state index < -0.39 is 5.97 Å². The minimum Gasteiger partial charge on any atom is -0.476 e. The molecule has 0 aromatic carbocycles. The van der Waals surface area contributed by atoms with Crippen molar-refractivity contribution in [1.82, 2.24) is 9.97 Å². The van der Waals surface area contributed by atoms with E-state index in [1.807, 2.05) is 11.9 Å². The molecule has 0 bridgehead atoms. The Morgan fingerprint density at radius 3 is 2.65 bits per heavy atom. The van der Waals surface area contributed by atoms with Crippen LogP contribution in [0.15, 0.2) is 12.4 Å². The van der Waals surface area contributed by atoms with E-state index in [0.717, 1.165) is 26.1 Å². The number of nitrogens with zero attached hydrogens (tertiary/aromatic N) is 3. The lowest BCUT2D eigenvalue weighted by molar-refractivity contribution is 0.0690. The van der Waals surface area contributed by atoms with Crippen molar-refractivity contribution < 1.29 is 14.6 Å². The number of anilines is 1. The first-order valence-corrected chi connectivity index (χ1v) is 5.54. The first-order chi connectivity index (χ1) is 8.18. The van der Waals surface area contributed by atoms with Crippen molar-refractivity contribution in [3.63, 3.8) is 0 Å². The molecule has 1 aliphatic heterocycles. The molecule has 0 unspecified atom stereocenters. The molecule has 1 aromatic heterocycles. The van der Waals surface area contributed by atoms with Gasteiger partial charge in [0, 0.05) is 26.3 Å². The molecular formula is C11H15N3O3. The summed E-state index contributed by atoms with van der Waals surface area (Å²) in [5, 5.41) is 8.73. The lowest BCUT2D eigenvalue weighted by Crippen LogP contribution is -2.37. The van der Waals surface area contributed by atoms with Crippen LogP contribution in [0.1, 0.15) is 23.3 Å². The first-order valence-electron chi connectivity index (χ1n) is 5.54. The zero-order valence-corrected chi connectivity index (χ0v) is 9.67. The molecule has 0 saturated carbocycles. The summed E-state index contributed by atoms with van der Waals surface area (Å²) < 4.78 is 5.30. The average molecular weight is 237 g/mol. The van der Waals surface area contributed by atoms with Gasteiger partial charge >= 0.3 is 5.97 Å². The molecule has 1 aromatic rings. The van der Waals surface area contributed by atoms with Crippen molar-refractivity contribution in [2.45, 2.75) is 18.9 Å². The molecule has 92 valence electrons. The molecule has 6 nitrogen and oxygen atoms in total. The maximum absolute atomic E-state index is 10.7. The predicted molar refractivity (Wildman–Crippen MR) is 61.2 cm³/mol. The van der Waals surface area contributed by atoms with E-state index in [9.17, 15) is 4.79 Å². The van der Waals surface area contributed by atoms with Crippen LogP contribution in [0.3, 0.4) is 0 Å². The third kappa shape index (κ3) is 2.71. The van der Waals surface area contributed by atoms with Gasteiger partial charge in [-0.25, -0.2) is 14.8 Å². The van der Waals surface area contributed by atoms with Gasteiger partial charge < -0.3 is 14.7 Å². The second kappa shape index (κ2) is 5.09. The van der Waals surface area contributed by atoms with Crippen LogP contribution in [0.25, 0.3) is 0 Å². The maximum atomic E-state index is 10.7. The average Bonchev–Trinajstić information content (AvgIpc) is 2.39. The molecule has 0 amide bonds. The van der Waals surface area contributed by atoms with Crippen molar-refractivity contribution in [2.24, 2.45) is 0 Å². The smallest absolute Gasteiger partial charge is 0.356 e. The van der Waals surface area contributed by atoms with Crippen LogP contribution in [0.2, 0.25) is 0 Å². The Balaban J connectivity index is 2.07. The van der Waals surface area contributed by atoms with Crippen molar-refractivity contribution in [3.05, 3.63) is 18.1 Å². The highest BCUT2D eigenvalue weighted by atomic mass is 16.5. The van der Waals surface area contributed by atoms with E-state index in [0.29, 0.717) is 11.9 Å². The van der Waals surface area contributed by atoms with Crippen molar-refractivity contribution in [2.75, 3.05) is 25.2 Å². The number of aromatic nitrogens is 2. The number of carboxylic acids is 1. The van der Waals surface area contributed by atoms with Gasteiger partial charge in [0.15, 0.2) is 5.69 Å². The van der Waals surface area contributed by atoms with Gasteiger partial charge in [0.05, 0.1) is 12.4 Å². The standard InChI is InChI=1S/C11H15N3O3/c1-14(8-2-4-17-5-3-8)10-7-12-9(6-13-10)11(15)16/h6-8H,2-5H2,1H3,(H,15,16). The molecule has 1 aliphatic rings. The third-order valence-electron chi connectivity index (χ3n) is 2.96. The summed E-state index contributed by atoms with van der Waals surface area (Å²) in [6.07, 6.45) is 4.70. The van der Waals surface area contributed by atoms with Crippen LogP contribution >= 0.6 is 0 Å². The number of ether oxygens (including phenoxy) is 1. The lowest BCUT2D eigenvalue weighted by atomic mass is 10.1. The second-order valence-electron chi connectivity index (χ2n) is 4.02. The van der Waals surface area contributed by atoms with E-state index in [1.54, 1.807) is 0 Å². The van der Waals surface area contributed by atoms with Gasteiger partial charge in [-0.3, -0.25) is 0 Å². The summed E-state index contributed by atoms with van der Waals surface area (Å²) in [6.45, 7) is 1.52. The maximum Gasteiger partial charge on any atom is 0.356 e. The number of carbonyl (C=O) groups is 1. The zero-order chi connectivity index (χ0) is 12.3. The molecule has 1 fully saturated rings. The first kappa shape index (κ1) is 11.8. The highest BCUT2D eigenvalue weighted by Gasteiger charge is 2.20. The Morgan fingerprint density at radius 2 is 2.12 bits per heavy atom. The molecule has 2 rings (SSSR count). The van der Waals surface area contributed by atoms with Crippen LogP contribution in [0, 0.1) is 0 Å². The van der Waals surface area contributed by atoms with Gasteiger partial charge in [-0.05, 0) is 12.8 Å². The van der Waals surface area contributed by atoms with Crippen molar-refractivity contribution in [3.8, 4) is 0 Å². The fourth-order valence-corrected chi connectivity index (χ4v) is 1.87. The molecule has 0 aliphatic carbocycles. The summed E-state index contributed by atoms with van der Waals surface area (Å²) in [5.74, 6) is -0.361. The Kier molecular flexibility index (Phi) is 3.53. The van der Waals surface area contributed by atoms with Crippen molar-refractivity contribution >= 4 is 11.8 Å². The Morgan fingerprint density at radius 1 is 1.41 bits per heavy atom. The molecular weight excluding hydrogens is 222 g/mol. The minimum atomic E-state index is -1.06. The molecule has 1 N–H and O–H groups in total. The van der Waals surface area contributed by atoms with E-state index >= 15 is 0 Å². The molecule has 0 atom stereocenters. The van der Waals surface area contributed by atoms with Crippen LogP contribution < -0.4 is 4.90 Å². The van der Waals surface area contributed by atoms with Gasteiger partial charge in [-0.1, -0.05) is 0 Å². The van der Waals surface area contributed by atoms with E-state index in [4.69, 9.17) is 9.84 Å². The van der Waals surface area contributed by atoms with E-state index in [1.165, 1.54) is 12.4 Å². The highest BCUT2D eigenvalue weighted by molar-refractivity contribution is 5.84. The molecule has 2 heterocycles. The lowest BCUT2D eigenvalue weighted by Gasteiger charge is -2.31. The summed E-state index contributed by atoms with van der Waals surface area (Å²) in [4.78, 5) is 20.7. The van der Waals surface area contributed by atoms with Crippen LogP contribution in [0.5, 0.6) is 0 Å². The summed E-state index contributed by atoms with van der Waals surface area (Å²) in [6, 6.07) is 0.383. The number of hydrogen-bond donors (Lipinski definition) is 1. The van der Waals surface area contributed by atoms with Gasteiger partial charge in [0.2, 0.25) is 0 Å². The Bertz CT molecular complexity index is 387. The predicted octanol–water partition coefficient (Wildman–Crippen LogP) is 0.790. The minimum absolute atomic E-state index is 0.0332. The van der Waals surface area contributed by atoms with Crippen LogP contribution in [-0.4, -0.2) is 47.3 Å². The molecule has 1 saturated heterocycles. The number of carboxylic acid groups (broad SMARTS) is 1. The number of hydrogen-bond acceptors (Lipinski definition) is 5. The third-order valence-corrected chi connectivity index (χ3v) is 2.96. The van der Waals surface area contributed by atoms with Gasteiger partial charge in [0.25, 0.3) is 0 Å². The Labute approximate surface area is 99.2 Å². The number of rotatable bonds is 3. The number of aromatic carboxylic acids is 1. The second-order valence-corrected chi connectivity index (χ2v) is 4.02. The normalized spacial score (nSPS) is 16.8. The zero-order valence-electron chi connectivity index (χ0n) is 9.67. The SMILES string of the molecule is CN(c1cnc(C(=O)O)cn1)C1CCOCC1. The quantitative estimate of drug-likeness (QED) is 0.837. The van der Waals surface area contributed by atoms with E-state index in [2.05, 4.69) is 9.97 Å². The monoisotopic (exact) mass is 237 g/mol. The molecule has 0 spiro atoms. The fourth-order valence-electron chi connectivity index (χ4n) is 1.87. The summed E-state index contributed by atoms with van der Waals surface area (Å²) >= 11 is 0. The Hall–Kier alpha value is -1.69. The highest BCUT2D eigenvalue weighted by Crippen LogP contribution is 2.18. The molecule has 6 heteroatoms. The topological polar surface area (TPSA) is 75.6 Å². The van der Waals surface area contributed by atoms with Gasteiger partial charge in [-0.2, -0.15) is 0 Å². The fraction of sp³-hybridized carbons (Fsp3) is 0.545. The summed E-state index contributed by atoms with van der Waals surface area (Å²) in [7, 11) is 1.94. The summed E-state index contributed by atoms with van der Waals surface area (Å²) in [5.41, 5.74) is -0.0332. The van der Waals surface area contributed by atoms with Crippen LogP contribution in [-0.2, 0) is 4.74 Å². The van der Waals surface area contributed by atoms with Crippen molar-refractivity contribution in [1.29, 1.82) is 0 Å². The largest absolute Gasteiger partial charge is 0.476 e. The van der Waals surface area contributed by atoms with Gasteiger partial charge in [-0.15, -0.1) is 0 Å².